The third kappa shape index (κ3) is 1.60. The van der Waals surface area contributed by atoms with E-state index in [9.17, 15) is 4.79 Å². The van der Waals surface area contributed by atoms with Crippen LogP contribution in [0, 0.1) is 0 Å². The van der Waals surface area contributed by atoms with Crippen molar-refractivity contribution in [3.8, 4) is 0 Å². The molecular weight excluding hydrogens is 214 g/mol. The summed E-state index contributed by atoms with van der Waals surface area (Å²) in [5.74, 6) is 6.10. The number of aromatic nitrogens is 2. The van der Waals surface area contributed by atoms with E-state index in [0.717, 1.165) is 28.7 Å². The minimum Gasteiger partial charge on any atom is -0.320 e. The van der Waals surface area contributed by atoms with Crippen LogP contribution in [0.5, 0.6) is 0 Å². The Bertz CT molecular complexity index is 612. The van der Waals surface area contributed by atoms with Crippen molar-refractivity contribution in [2.24, 2.45) is 0 Å². The fraction of sp³-hybridized carbons (Fsp3) is 0.385. The predicted molar refractivity (Wildman–Crippen MR) is 67.4 cm³/mol. The van der Waals surface area contributed by atoms with Crippen LogP contribution in [0.4, 0.5) is 0 Å². The molecule has 0 atom stereocenters. The second kappa shape index (κ2) is 3.87. The normalized spacial score (nSPS) is 16.7. The monoisotopic (exact) mass is 229 g/mol. The summed E-state index contributed by atoms with van der Waals surface area (Å²) in [6.45, 7) is 0. The molecule has 1 aromatic carbocycles. The van der Waals surface area contributed by atoms with Crippen molar-refractivity contribution in [3.05, 3.63) is 40.3 Å². The molecule has 1 aliphatic rings. The lowest BCUT2D eigenvalue weighted by Gasteiger charge is -2.12. The number of nitrogen functional groups attached to an aromatic ring is 1. The molecule has 0 amide bonds. The van der Waals surface area contributed by atoms with Gasteiger partial charge in [-0.1, -0.05) is 31.0 Å². The highest BCUT2D eigenvalue weighted by molar-refractivity contribution is 5.83. The molecular formula is C13H15N3O. The minimum absolute atomic E-state index is 0.220. The quantitative estimate of drug-likeness (QED) is 0.758. The van der Waals surface area contributed by atoms with E-state index in [2.05, 4.69) is 5.10 Å². The van der Waals surface area contributed by atoms with Crippen molar-refractivity contribution in [2.75, 3.05) is 5.84 Å². The summed E-state index contributed by atoms with van der Waals surface area (Å²) in [4.78, 5) is 12.9. The molecule has 2 N–H and O–H groups in total. The molecule has 1 saturated carbocycles. The van der Waals surface area contributed by atoms with Gasteiger partial charge in [0.05, 0.1) is 11.1 Å². The molecule has 1 aromatic heterocycles. The lowest BCUT2D eigenvalue weighted by atomic mass is 9.99. The molecule has 4 heteroatoms. The van der Waals surface area contributed by atoms with Crippen LogP contribution in [-0.4, -0.2) is 9.89 Å². The van der Waals surface area contributed by atoms with Crippen LogP contribution in [0.1, 0.15) is 37.3 Å². The van der Waals surface area contributed by atoms with Gasteiger partial charge in [-0.25, -0.2) is 0 Å². The SMILES string of the molecule is Nn1nc(C2CCCC2)c2ccccc2c1=O. The fourth-order valence-electron chi connectivity index (χ4n) is 2.73. The van der Waals surface area contributed by atoms with Gasteiger partial charge in [0.15, 0.2) is 0 Å². The van der Waals surface area contributed by atoms with Crippen molar-refractivity contribution < 1.29 is 0 Å². The van der Waals surface area contributed by atoms with Gasteiger partial charge in [-0.15, -0.1) is 4.79 Å². The highest BCUT2D eigenvalue weighted by Gasteiger charge is 2.22. The molecule has 0 unspecified atom stereocenters. The van der Waals surface area contributed by atoms with E-state index in [-0.39, 0.29) is 5.56 Å². The summed E-state index contributed by atoms with van der Waals surface area (Å²) in [5.41, 5.74) is 0.766. The number of fused-ring (bicyclic) bond motifs is 1. The second-order valence-electron chi connectivity index (χ2n) is 4.66. The number of nitrogens with two attached hydrogens (primary N) is 1. The van der Waals surface area contributed by atoms with Crippen molar-refractivity contribution in [1.29, 1.82) is 0 Å². The fourth-order valence-corrected chi connectivity index (χ4v) is 2.73. The first kappa shape index (κ1) is 10.3. The van der Waals surface area contributed by atoms with Crippen LogP contribution in [0.25, 0.3) is 10.8 Å². The number of hydrogen-bond donors (Lipinski definition) is 1. The van der Waals surface area contributed by atoms with Crippen LogP contribution in [0.3, 0.4) is 0 Å². The molecule has 3 rings (SSSR count). The zero-order valence-electron chi connectivity index (χ0n) is 9.60. The molecule has 1 heterocycles. The molecule has 17 heavy (non-hydrogen) atoms. The van der Waals surface area contributed by atoms with Gasteiger partial charge in [-0.3, -0.25) is 4.79 Å². The van der Waals surface area contributed by atoms with Crippen molar-refractivity contribution in [1.82, 2.24) is 9.89 Å². The van der Waals surface area contributed by atoms with E-state index < -0.39 is 0 Å². The summed E-state index contributed by atoms with van der Waals surface area (Å²) in [6, 6.07) is 7.60. The largest absolute Gasteiger partial charge is 0.320 e. The van der Waals surface area contributed by atoms with Crippen LogP contribution in [0.15, 0.2) is 29.1 Å². The summed E-state index contributed by atoms with van der Waals surface area (Å²) in [7, 11) is 0. The molecule has 2 aromatic rings. The van der Waals surface area contributed by atoms with Gasteiger partial charge in [-0.05, 0) is 18.9 Å². The van der Waals surface area contributed by atoms with E-state index in [0.29, 0.717) is 11.3 Å². The number of nitrogens with zero attached hydrogens (tertiary/aromatic N) is 2. The number of benzene rings is 1. The molecule has 0 saturated heterocycles. The van der Waals surface area contributed by atoms with Gasteiger partial charge in [0.25, 0.3) is 5.56 Å². The van der Waals surface area contributed by atoms with Gasteiger partial charge >= 0.3 is 0 Å². The first-order valence-electron chi connectivity index (χ1n) is 6.04. The Balaban J connectivity index is 2.30. The Morgan fingerprint density at radius 3 is 2.53 bits per heavy atom. The third-order valence-corrected chi connectivity index (χ3v) is 3.60. The third-order valence-electron chi connectivity index (χ3n) is 3.60. The summed E-state index contributed by atoms with van der Waals surface area (Å²) >= 11 is 0. The zero-order valence-corrected chi connectivity index (χ0v) is 9.60. The van der Waals surface area contributed by atoms with Gasteiger partial charge in [0.1, 0.15) is 0 Å². The van der Waals surface area contributed by atoms with E-state index in [1.165, 1.54) is 12.8 Å². The average Bonchev–Trinajstić information content (AvgIpc) is 2.87. The molecule has 0 spiro atoms. The summed E-state index contributed by atoms with van der Waals surface area (Å²) in [5, 5.41) is 5.90. The Hall–Kier alpha value is -1.84. The highest BCUT2D eigenvalue weighted by Crippen LogP contribution is 2.35. The maximum Gasteiger partial charge on any atom is 0.293 e. The van der Waals surface area contributed by atoms with Gasteiger partial charge in [0.2, 0.25) is 0 Å². The molecule has 0 radical (unpaired) electrons. The smallest absolute Gasteiger partial charge is 0.293 e. The lowest BCUT2D eigenvalue weighted by molar-refractivity contribution is 0.648. The number of hydrogen-bond acceptors (Lipinski definition) is 3. The van der Waals surface area contributed by atoms with Crippen LogP contribution >= 0.6 is 0 Å². The van der Waals surface area contributed by atoms with Crippen molar-refractivity contribution in [2.45, 2.75) is 31.6 Å². The van der Waals surface area contributed by atoms with E-state index >= 15 is 0 Å². The molecule has 88 valence electrons. The van der Waals surface area contributed by atoms with Crippen molar-refractivity contribution in [3.63, 3.8) is 0 Å². The maximum absolute atomic E-state index is 11.9. The van der Waals surface area contributed by atoms with Gasteiger partial charge < -0.3 is 5.84 Å². The first-order valence-corrected chi connectivity index (χ1v) is 6.04. The standard InChI is InChI=1S/C13H15N3O/c14-16-13(17)11-8-4-3-7-10(11)12(15-16)9-5-1-2-6-9/h3-4,7-9H,1-2,5-6,14H2. The summed E-state index contributed by atoms with van der Waals surface area (Å²) in [6.07, 6.45) is 4.78. The van der Waals surface area contributed by atoms with E-state index in [4.69, 9.17) is 5.84 Å². The molecule has 1 fully saturated rings. The van der Waals surface area contributed by atoms with Gasteiger partial charge in [0, 0.05) is 11.3 Å². The summed E-state index contributed by atoms with van der Waals surface area (Å²) < 4.78 is 0. The Morgan fingerprint density at radius 2 is 1.82 bits per heavy atom. The van der Waals surface area contributed by atoms with Crippen molar-refractivity contribution >= 4 is 10.8 Å². The lowest BCUT2D eigenvalue weighted by Crippen LogP contribution is -2.31. The average molecular weight is 229 g/mol. The Labute approximate surface area is 99.0 Å². The zero-order chi connectivity index (χ0) is 11.8. The van der Waals surface area contributed by atoms with E-state index in [1.807, 2.05) is 24.3 Å². The van der Waals surface area contributed by atoms with Crippen LogP contribution in [-0.2, 0) is 0 Å². The molecule has 0 aliphatic heterocycles. The minimum atomic E-state index is -0.220. The van der Waals surface area contributed by atoms with E-state index in [1.54, 1.807) is 0 Å². The van der Waals surface area contributed by atoms with Crippen LogP contribution in [0.2, 0.25) is 0 Å². The first-order chi connectivity index (χ1) is 8.27. The number of rotatable bonds is 1. The topological polar surface area (TPSA) is 60.9 Å². The Morgan fingerprint density at radius 1 is 1.18 bits per heavy atom. The molecule has 4 nitrogen and oxygen atoms in total. The Kier molecular flexibility index (Phi) is 2.35. The second-order valence-corrected chi connectivity index (χ2v) is 4.66. The highest BCUT2D eigenvalue weighted by atomic mass is 16.1. The molecule has 1 aliphatic carbocycles. The molecule has 0 bridgehead atoms. The van der Waals surface area contributed by atoms with Crippen LogP contribution < -0.4 is 11.4 Å². The predicted octanol–water partition coefficient (Wildman–Crippen LogP) is 1.77. The maximum atomic E-state index is 11.9. The van der Waals surface area contributed by atoms with Gasteiger partial charge in [-0.2, -0.15) is 5.10 Å².